The van der Waals surface area contributed by atoms with Crippen molar-refractivity contribution in [3.05, 3.63) is 28.2 Å². The lowest BCUT2D eigenvalue weighted by atomic mass is 10.0. The van der Waals surface area contributed by atoms with Gasteiger partial charge in [0.2, 0.25) is 0 Å². The first-order chi connectivity index (χ1) is 8.08. The maximum atomic E-state index is 11.8. The Labute approximate surface area is 110 Å². The van der Waals surface area contributed by atoms with Crippen LogP contribution in [0.2, 0.25) is 0 Å². The summed E-state index contributed by atoms with van der Waals surface area (Å²) in [7, 11) is 1.61. The molecule has 1 unspecified atom stereocenters. The molecule has 0 radical (unpaired) electrons. The van der Waals surface area contributed by atoms with E-state index < -0.39 is 0 Å². The molecule has 0 heterocycles. The second-order valence-corrected chi connectivity index (χ2v) is 4.86. The van der Waals surface area contributed by atoms with Crippen molar-refractivity contribution in [2.45, 2.75) is 32.2 Å². The van der Waals surface area contributed by atoms with Gasteiger partial charge in [0.05, 0.1) is 17.6 Å². The summed E-state index contributed by atoms with van der Waals surface area (Å²) >= 11 is 3.40. The summed E-state index contributed by atoms with van der Waals surface area (Å²) in [5, 5.41) is 0. The van der Waals surface area contributed by atoms with Crippen molar-refractivity contribution in [1.82, 2.24) is 0 Å². The van der Waals surface area contributed by atoms with Gasteiger partial charge >= 0.3 is 0 Å². The molecule has 1 atom stereocenters. The molecule has 0 saturated heterocycles. The van der Waals surface area contributed by atoms with Gasteiger partial charge in [-0.1, -0.05) is 19.4 Å². The molecule has 0 spiro atoms. The van der Waals surface area contributed by atoms with Crippen LogP contribution in [0.4, 0.5) is 0 Å². The zero-order chi connectivity index (χ0) is 12.8. The molecular formula is C13H18BrNO2. The zero-order valence-corrected chi connectivity index (χ0v) is 11.8. The summed E-state index contributed by atoms with van der Waals surface area (Å²) in [6, 6.07) is 5.29. The number of carbonyl (C=O) groups is 1. The molecule has 0 fully saturated rings. The number of benzene rings is 1. The van der Waals surface area contributed by atoms with E-state index in [9.17, 15) is 4.79 Å². The van der Waals surface area contributed by atoms with E-state index in [1.54, 1.807) is 7.11 Å². The number of rotatable bonds is 6. The quantitative estimate of drug-likeness (QED) is 0.879. The third kappa shape index (κ3) is 4.13. The summed E-state index contributed by atoms with van der Waals surface area (Å²) in [5.74, 6) is 0.850. The third-order valence-electron chi connectivity index (χ3n) is 2.61. The molecule has 0 amide bonds. The highest BCUT2D eigenvalue weighted by Crippen LogP contribution is 2.25. The standard InChI is InChI=1S/C13H18BrNO2/c1-3-4-11(15)12(16)8-9-5-6-13(17-2)10(14)7-9/h5-7,11H,3-4,8,15H2,1-2H3. The van der Waals surface area contributed by atoms with Gasteiger partial charge in [0.25, 0.3) is 0 Å². The summed E-state index contributed by atoms with van der Waals surface area (Å²) < 4.78 is 5.99. The van der Waals surface area contributed by atoms with Gasteiger partial charge in [-0.2, -0.15) is 0 Å². The molecule has 3 nitrogen and oxygen atoms in total. The number of halogens is 1. The molecule has 0 bridgehead atoms. The van der Waals surface area contributed by atoms with E-state index in [0.29, 0.717) is 6.42 Å². The second kappa shape index (κ2) is 6.77. The maximum Gasteiger partial charge on any atom is 0.153 e. The highest BCUT2D eigenvalue weighted by atomic mass is 79.9. The molecule has 94 valence electrons. The topological polar surface area (TPSA) is 52.3 Å². The Morgan fingerprint density at radius 2 is 2.24 bits per heavy atom. The van der Waals surface area contributed by atoms with Crippen molar-refractivity contribution >= 4 is 21.7 Å². The van der Waals surface area contributed by atoms with Crippen molar-refractivity contribution in [3.8, 4) is 5.75 Å². The number of ketones is 1. The van der Waals surface area contributed by atoms with Crippen molar-refractivity contribution in [2.24, 2.45) is 5.73 Å². The van der Waals surface area contributed by atoms with E-state index >= 15 is 0 Å². The van der Waals surface area contributed by atoms with Gasteiger partial charge in [0.1, 0.15) is 5.75 Å². The predicted molar refractivity (Wildman–Crippen MR) is 72.3 cm³/mol. The van der Waals surface area contributed by atoms with Gasteiger partial charge in [0, 0.05) is 6.42 Å². The summed E-state index contributed by atoms with van der Waals surface area (Å²) in [4.78, 5) is 11.8. The largest absolute Gasteiger partial charge is 0.496 e. The van der Waals surface area contributed by atoms with Crippen LogP contribution in [0.15, 0.2) is 22.7 Å². The van der Waals surface area contributed by atoms with Crippen LogP contribution in [-0.4, -0.2) is 18.9 Å². The molecule has 1 aromatic rings. The van der Waals surface area contributed by atoms with Crippen molar-refractivity contribution in [1.29, 1.82) is 0 Å². The van der Waals surface area contributed by atoms with E-state index in [1.807, 2.05) is 25.1 Å². The Kier molecular flexibility index (Phi) is 5.65. The highest BCUT2D eigenvalue weighted by molar-refractivity contribution is 9.10. The molecule has 0 aliphatic rings. The fourth-order valence-electron chi connectivity index (χ4n) is 1.62. The van der Waals surface area contributed by atoms with Crippen LogP contribution < -0.4 is 10.5 Å². The summed E-state index contributed by atoms with van der Waals surface area (Å²) in [6.07, 6.45) is 2.05. The van der Waals surface area contributed by atoms with Gasteiger partial charge < -0.3 is 10.5 Å². The minimum atomic E-state index is -0.346. The van der Waals surface area contributed by atoms with Crippen LogP contribution in [0.1, 0.15) is 25.3 Å². The van der Waals surface area contributed by atoms with Gasteiger partial charge in [0.15, 0.2) is 5.78 Å². The third-order valence-corrected chi connectivity index (χ3v) is 3.23. The molecular weight excluding hydrogens is 282 g/mol. The van der Waals surface area contributed by atoms with Gasteiger partial charge in [-0.25, -0.2) is 0 Å². The minimum absolute atomic E-state index is 0.0870. The fourth-order valence-corrected chi connectivity index (χ4v) is 2.21. The molecule has 4 heteroatoms. The molecule has 0 saturated carbocycles. The normalized spacial score (nSPS) is 12.2. The Morgan fingerprint density at radius 3 is 2.76 bits per heavy atom. The average Bonchev–Trinajstić information content (AvgIpc) is 2.29. The van der Waals surface area contributed by atoms with Gasteiger partial charge in [-0.15, -0.1) is 0 Å². The fraction of sp³-hybridized carbons (Fsp3) is 0.462. The molecule has 2 N–H and O–H groups in total. The van der Waals surface area contributed by atoms with Crippen molar-refractivity contribution in [3.63, 3.8) is 0 Å². The van der Waals surface area contributed by atoms with Crippen molar-refractivity contribution in [2.75, 3.05) is 7.11 Å². The first-order valence-electron chi connectivity index (χ1n) is 5.69. The molecule has 0 aliphatic heterocycles. The molecule has 0 aliphatic carbocycles. The van der Waals surface area contributed by atoms with Crippen molar-refractivity contribution < 1.29 is 9.53 Å². The van der Waals surface area contributed by atoms with Crippen LogP contribution in [0, 0.1) is 0 Å². The molecule has 1 aromatic carbocycles. The lowest BCUT2D eigenvalue weighted by Crippen LogP contribution is -2.31. The smallest absolute Gasteiger partial charge is 0.153 e. The molecule has 17 heavy (non-hydrogen) atoms. The van der Waals surface area contributed by atoms with Gasteiger partial charge in [-0.3, -0.25) is 4.79 Å². The number of carbonyl (C=O) groups excluding carboxylic acids is 1. The summed E-state index contributed by atoms with van der Waals surface area (Å²) in [5.41, 5.74) is 6.74. The summed E-state index contributed by atoms with van der Waals surface area (Å²) in [6.45, 7) is 2.02. The van der Waals surface area contributed by atoms with E-state index in [0.717, 1.165) is 28.6 Å². The Hall–Kier alpha value is -0.870. The highest BCUT2D eigenvalue weighted by Gasteiger charge is 2.13. The number of nitrogens with two attached hydrogens (primary N) is 1. The maximum absolute atomic E-state index is 11.8. The monoisotopic (exact) mass is 299 g/mol. The Morgan fingerprint density at radius 1 is 1.53 bits per heavy atom. The van der Waals surface area contributed by atoms with Crippen LogP contribution >= 0.6 is 15.9 Å². The second-order valence-electron chi connectivity index (χ2n) is 4.01. The Balaban J connectivity index is 2.69. The number of Topliss-reactive ketones (excluding diaryl/α,β-unsaturated/α-hetero) is 1. The van der Waals surface area contributed by atoms with E-state index in [1.165, 1.54) is 0 Å². The van der Waals surface area contributed by atoms with Gasteiger partial charge in [-0.05, 0) is 40.0 Å². The Bertz CT molecular complexity index is 393. The zero-order valence-electron chi connectivity index (χ0n) is 10.2. The molecule has 0 aromatic heterocycles. The van der Waals surface area contributed by atoms with E-state index in [2.05, 4.69) is 15.9 Å². The van der Waals surface area contributed by atoms with E-state index in [4.69, 9.17) is 10.5 Å². The van der Waals surface area contributed by atoms with Crippen LogP contribution in [-0.2, 0) is 11.2 Å². The number of methoxy groups -OCH3 is 1. The lowest BCUT2D eigenvalue weighted by Gasteiger charge is -2.10. The SMILES string of the molecule is CCCC(N)C(=O)Cc1ccc(OC)c(Br)c1. The van der Waals surface area contributed by atoms with Crippen LogP contribution in [0.25, 0.3) is 0 Å². The van der Waals surface area contributed by atoms with Crippen LogP contribution in [0.5, 0.6) is 5.75 Å². The minimum Gasteiger partial charge on any atom is -0.496 e. The lowest BCUT2D eigenvalue weighted by molar-refractivity contribution is -0.119. The molecule has 1 rings (SSSR count). The predicted octanol–water partition coefficient (Wildman–Crippen LogP) is 2.70. The number of hydrogen-bond acceptors (Lipinski definition) is 3. The first kappa shape index (κ1) is 14.2. The van der Waals surface area contributed by atoms with E-state index in [-0.39, 0.29) is 11.8 Å². The number of hydrogen-bond donors (Lipinski definition) is 1. The number of ether oxygens (including phenoxy) is 1. The van der Waals surface area contributed by atoms with Crippen LogP contribution in [0.3, 0.4) is 0 Å². The first-order valence-corrected chi connectivity index (χ1v) is 6.48. The average molecular weight is 300 g/mol.